The monoisotopic (exact) mass is 949 g/mol. The van der Waals surface area contributed by atoms with E-state index in [0.29, 0.717) is 13.2 Å². The summed E-state index contributed by atoms with van der Waals surface area (Å²) in [6.45, 7) is 5.64. The van der Waals surface area contributed by atoms with Crippen molar-refractivity contribution in [1.29, 1.82) is 0 Å². The summed E-state index contributed by atoms with van der Waals surface area (Å²) >= 11 is 0. The van der Waals surface area contributed by atoms with Crippen LogP contribution < -0.4 is 10.2 Å². The van der Waals surface area contributed by atoms with Gasteiger partial charge in [-0.2, -0.15) is 0 Å². The number of rotatable bonds is 38. The molecule has 8 nitrogen and oxygen atoms in total. The van der Waals surface area contributed by atoms with Crippen LogP contribution in [0.4, 0.5) is 0 Å². The molecular formula is C50H82BaO8. The molecule has 0 aliphatic heterocycles. The second kappa shape index (κ2) is 42.1. The number of carboxylic acid groups (broad SMARTS) is 2. The van der Waals surface area contributed by atoms with Crippen molar-refractivity contribution in [2.75, 3.05) is 0 Å². The maximum atomic E-state index is 10.5. The van der Waals surface area contributed by atoms with Crippen LogP contribution in [0.5, 0.6) is 0 Å². The first-order valence-corrected chi connectivity index (χ1v) is 23.3. The topological polar surface area (TPSA) is 139 Å². The minimum Gasteiger partial charge on any atom is -0.550 e. The van der Waals surface area contributed by atoms with Gasteiger partial charge in [0.15, 0.2) is 0 Å². The van der Waals surface area contributed by atoms with Gasteiger partial charge in [0.2, 0.25) is 0 Å². The molecule has 2 N–H and O–H groups in total. The zero-order valence-electron chi connectivity index (χ0n) is 37.3. The predicted octanol–water partition coefficient (Wildman–Crippen LogP) is 9.95. The van der Waals surface area contributed by atoms with E-state index >= 15 is 0 Å². The summed E-state index contributed by atoms with van der Waals surface area (Å²) in [6, 6.07) is 20.5. The quantitative estimate of drug-likeness (QED) is 0.0501. The molecule has 4 unspecified atom stereocenters. The molecule has 0 aromatic heterocycles. The first-order valence-electron chi connectivity index (χ1n) is 23.3. The summed E-state index contributed by atoms with van der Waals surface area (Å²) in [4.78, 5) is 20.7. The van der Waals surface area contributed by atoms with Gasteiger partial charge in [-0.25, -0.2) is 0 Å². The van der Waals surface area contributed by atoms with Crippen molar-refractivity contribution in [1.82, 2.24) is 0 Å². The summed E-state index contributed by atoms with van der Waals surface area (Å²) in [6.07, 6.45) is 26.8. The van der Waals surface area contributed by atoms with Crippen LogP contribution in [-0.2, 0) is 32.3 Å². The number of ether oxygens (including phenoxy) is 2. The third-order valence-corrected chi connectivity index (χ3v) is 10.8. The Morgan fingerprint density at radius 1 is 0.475 bits per heavy atom. The SMILES string of the molecule is CCCCCC(CC(O)CCCCCCCCCC(=O)[O-])OCc1ccccc1.CCCCCC(CC(O)CCCCCCCCCC(=O)[O-])OCc1ccccc1.[Ba+2]. The Kier molecular flexibility index (Phi) is 41.2. The van der Waals surface area contributed by atoms with Gasteiger partial charge in [0.25, 0.3) is 0 Å². The molecule has 0 saturated carbocycles. The number of hydrogen-bond acceptors (Lipinski definition) is 8. The predicted molar refractivity (Wildman–Crippen MR) is 238 cm³/mol. The van der Waals surface area contributed by atoms with Gasteiger partial charge in [0.05, 0.1) is 37.6 Å². The van der Waals surface area contributed by atoms with E-state index in [1.165, 1.54) is 36.8 Å². The Labute approximate surface area is 400 Å². The molecule has 332 valence electrons. The fourth-order valence-electron chi connectivity index (χ4n) is 7.27. The van der Waals surface area contributed by atoms with Crippen molar-refractivity contribution in [3.8, 4) is 0 Å². The van der Waals surface area contributed by atoms with Crippen LogP contribution in [0.3, 0.4) is 0 Å². The second-order valence-electron chi connectivity index (χ2n) is 16.4. The Balaban J connectivity index is 0.00000112. The van der Waals surface area contributed by atoms with Gasteiger partial charge < -0.3 is 39.5 Å². The number of aliphatic hydroxyl groups is 2. The standard InChI is InChI=1S/2C25H42O4.Ba/c2*1-2-3-10-18-24(29-21-22-15-11-9-12-16-22)20-23(26)17-13-7-5-4-6-8-14-19-25(27)28;/h2*9,11-12,15-16,23-24,26H,2-8,10,13-14,17-21H2,1H3,(H,27,28);/q;;+2/p-2. The fourth-order valence-corrected chi connectivity index (χ4v) is 7.27. The number of carbonyl (C=O) groups is 2. The van der Waals surface area contributed by atoms with Crippen molar-refractivity contribution in [2.24, 2.45) is 0 Å². The number of hydrogen-bond donors (Lipinski definition) is 2. The third-order valence-electron chi connectivity index (χ3n) is 10.8. The minimum atomic E-state index is -0.945. The van der Waals surface area contributed by atoms with E-state index in [0.717, 1.165) is 141 Å². The maximum absolute atomic E-state index is 10.5. The molecule has 0 amide bonds. The molecule has 0 saturated heterocycles. The molecule has 0 aliphatic rings. The summed E-state index contributed by atoms with van der Waals surface area (Å²) in [5.41, 5.74) is 2.36. The van der Waals surface area contributed by atoms with Gasteiger partial charge in [0.1, 0.15) is 0 Å². The van der Waals surface area contributed by atoms with E-state index in [1.54, 1.807) is 0 Å². The molecule has 2 aromatic carbocycles. The molecular weight excluding hydrogens is 866 g/mol. The molecule has 59 heavy (non-hydrogen) atoms. The van der Waals surface area contributed by atoms with E-state index in [-0.39, 0.29) is 86.1 Å². The van der Waals surface area contributed by atoms with Gasteiger partial charge >= 0.3 is 48.9 Å². The first kappa shape index (κ1) is 57.8. The Bertz CT molecular complexity index is 1110. The minimum absolute atomic E-state index is 0. The summed E-state index contributed by atoms with van der Waals surface area (Å²) in [5.74, 6) is -1.89. The van der Waals surface area contributed by atoms with Crippen molar-refractivity contribution < 1.29 is 39.5 Å². The van der Waals surface area contributed by atoms with Crippen molar-refractivity contribution in [2.45, 2.75) is 231 Å². The fraction of sp³-hybridized carbons (Fsp3) is 0.720. The van der Waals surface area contributed by atoms with Crippen molar-refractivity contribution >= 4 is 60.8 Å². The van der Waals surface area contributed by atoms with Gasteiger partial charge in [0, 0.05) is 11.9 Å². The first-order chi connectivity index (χ1) is 28.2. The Morgan fingerprint density at radius 3 is 1.10 bits per heavy atom. The molecule has 0 fully saturated rings. The van der Waals surface area contributed by atoms with E-state index in [1.807, 2.05) is 36.4 Å². The molecule has 0 bridgehead atoms. The summed E-state index contributed by atoms with van der Waals surface area (Å²) < 4.78 is 12.3. The number of aliphatic carboxylic acids is 2. The number of carboxylic acids is 2. The van der Waals surface area contributed by atoms with Crippen LogP contribution in [0.1, 0.15) is 205 Å². The zero-order chi connectivity index (χ0) is 42.3. The number of carbonyl (C=O) groups excluding carboxylic acids is 2. The van der Waals surface area contributed by atoms with E-state index in [2.05, 4.69) is 38.1 Å². The third kappa shape index (κ3) is 38.2. The largest absolute Gasteiger partial charge is 2.00 e. The Morgan fingerprint density at radius 2 is 0.780 bits per heavy atom. The maximum Gasteiger partial charge on any atom is 2.00 e. The summed E-state index contributed by atoms with van der Waals surface area (Å²) in [7, 11) is 0. The van der Waals surface area contributed by atoms with Crippen LogP contribution in [0.15, 0.2) is 60.7 Å². The normalized spacial score (nSPS) is 13.1. The van der Waals surface area contributed by atoms with Crippen LogP contribution in [0.2, 0.25) is 0 Å². The smallest absolute Gasteiger partial charge is 0.550 e. The van der Waals surface area contributed by atoms with Gasteiger partial charge in [-0.05, 0) is 75.3 Å². The van der Waals surface area contributed by atoms with Crippen LogP contribution in [0.25, 0.3) is 0 Å². The van der Waals surface area contributed by atoms with Crippen LogP contribution in [-0.4, -0.2) is 95.4 Å². The molecule has 9 heteroatoms. The number of benzene rings is 2. The average Bonchev–Trinajstić information content (AvgIpc) is 3.21. The van der Waals surface area contributed by atoms with Gasteiger partial charge in [-0.1, -0.05) is 190 Å². The van der Waals surface area contributed by atoms with Crippen molar-refractivity contribution in [3.63, 3.8) is 0 Å². The summed E-state index contributed by atoms with van der Waals surface area (Å²) in [5, 5.41) is 41.6. The van der Waals surface area contributed by atoms with Crippen LogP contribution in [0, 0.1) is 0 Å². The van der Waals surface area contributed by atoms with Gasteiger partial charge in [-0.15, -0.1) is 0 Å². The molecule has 4 atom stereocenters. The Hall–Kier alpha value is -1.21. The van der Waals surface area contributed by atoms with Crippen molar-refractivity contribution in [3.05, 3.63) is 71.8 Å². The number of aliphatic hydroxyl groups excluding tert-OH is 2. The zero-order valence-corrected chi connectivity index (χ0v) is 41.8. The van der Waals surface area contributed by atoms with E-state index < -0.39 is 11.9 Å². The van der Waals surface area contributed by atoms with Crippen LogP contribution >= 0.6 is 0 Å². The number of unbranched alkanes of at least 4 members (excludes halogenated alkanes) is 16. The second-order valence-corrected chi connectivity index (χ2v) is 16.4. The molecule has 0 heterocycles. The molecule has 2 aromatic rings. The average molecular weight is 949 g/mol. The molecule has 0 spiro atoms. The molecule has 0 aliphatic carbocycles. The van der Waals surface area contributed by atoms with Gasteiger partial charge in [-0.3, -0.25) is 0 Å². The van der Waals surface area contributed by atoms with E-state index in [9.17, 15) is 30.0 Å². The molecule has 0 radical (unpaired) electrons. The van der Waals surface area contributed by atoms with E-state index in [4.69, 9.17) is 9.47 Å². The molecule has 2 rings (SSSR count).